The minimum Gasteiger partial charge on any atom is -0.493 e. The van der Waals surface area contributed by atoms with E-state index in [4.69, 9.17) is 14.0 Å². The Morgan fingerprint density at radius 2 is 2.17 bits per heavy atom. The third kappa shape index (κ3) is 2.61. The van der Waals surface area contributed by atoms with E-state index in [1.807, 2.05) is 25.1 Å². The first-order valence-electron chi connectivity index (χ1n) is 7.38. The summed E-state index contributed by atoms with van der Waals surface area (Å²) in [5.74, 6) is 2.24. The lowest BCUT2D eigenvalue weighted by Gasteiger charge is -2.00. The zero-order chi connectivity index (χ0) is 15.6. The molecule has 23 heavy (non-hydrogen) atoms. The molecule has 1 aliphatic heterocycles. The van der Waals surface area contributed by atoms with E-state index in [1.165, 1.54) is 6.20 Å². The molecule has 0 atom stereocenters. The van der Waals surface area contributed by atoms with Crippen molar-refractivity contribution in [2.75, 3.05) is 13.2 Å². The molecule has 0 spiro atoms. The number of fused-ring (bicyclic) bond motifs is 1. The molecule has 0 amide bonds. The van der Waals surface area contributed by atoms with Gasteiger partial charge in [-0.15, -0.1) is 0 Å². The highest BCUT2D eigenvalue weighted by molar-refractivity contribution is 5.61. The van der Waals surface area contributed by atoms with Gasteiger partial charge in [-0.05, 0) is 30.7 Å². The van der Waals surface area contributed by atoms with Gasteiger partial charge in [-0.3, -0.25) is 0 Å². The quantitative estimate of drug-likeness (QED) is 0.732. The van der Waals surface area contributed by atoms with Gasteiger partial charge in [0.25, 0.3) is 5.89 Å². The summed E-state index contributed by atoms with van der Waals surface area (Å²) in [5.41, 5.74) is 2.56. The highest BCUT2D eigenvalue weighted by Crippen LogP contribution is 2.30. The van der Waals surface area contributed by atoms with E-state index in [2.05, 4.69) is 20.1 Å². The molecule has 7 nitrogen and oxygen atoms in total. The Morgan fingerprint density at radius 3 is 3.00 bits per heavy atom. The van der Waals surface area contributed by atoms with Crippen molar-refractivity contribution in [1.82, 2.24) is 20.1 Å². The maximum absolute atomic E-state index is 5.50. The van der Waals surface area contributed by atoms with Gasteiger partial charge in [0.15, 0.2) is 0 Å². The molecule has 2 aromatic heterocycles. The smallest absolute Gasteiger partial charge is 0.278 e. The van der Waals surface area contributed by atoms with E-state index < -0.39 is 0 Å². The predicted octanol–water partition coefficient (Wildman–Crippen LogP) is 2.53. The first kappa shape index (κ1) is 13.7. The molecule has 3 aromatic rings. The van der Waals surface area contributed by atoms with E-state index in [1.54, 1.807) is 6.20 Å². The van der Waals surface area contributed by atoms with Gasteiger partial charge in [0, 0.05) is 12.0 Å². The maximum Gasteiger partial charge on any atom is 0.278 e. The van der Waals surface area contributed by atoms with E-state index in [0.717, 1.165) is 29.9 Å². The topological polar surface area (TPSA) is 83.2 Å². The fraction of sp³-hybridized carbons (Fsp3) is 0.250. The third-order valence-electron chi connectivity index (χ3n) is 3.51. The Bertz CT molecular complexity index is 830. The fourth-order valence-electron chi connectivity index (χ4n) is 2.42. The summed E-state index contributed by atoms with van der Waals surface area (Å²) in [6, 6.07) is 5.88. The molecule has 0 bridgehead atoms. The van der Waals surface area contributed by atoms with Crippen molar-refractivity contribution < 1.29 is 14.0 Å². The largest absolute Gasteiger partial charge is 0.493 e. The first-order chi connectivity index (χ1) is 11.3. The number of nitrogens with zero attached hydrogens (tertiary/aromatic N) is 4. The van der Waals surface area contributed by atoms with Crippen LogP contribution in [0.4, 0.5) is 0 Å². The van der Waals surface area contributed by atoms with Crippen LogP contribution in [0.1, 0.15) is 12.5 Å². The van der Waals surface area contributed by atoms with Crippen LogP contribution < -0.4 is 9.47 Å². The van der Waals surface area contributed by atoms with Crippen LogP contribution in [0, 0.1) is 0 Å². The zero-order valence-corrected chi connectivity index (χ0v) is 12.5. The molecule has 116 valence electrons. The fourth-order valence-corrected chi connectivity index (χ4v) is 2.42. The Kier molecular flexibility index (Phi) is 3.38. The van der Waals surface area contributed by atoms with Gasteiger partial charge >= 0.3 is 0 Å². The number of hydrogen-bond donors (Lipinski definition) is 0. The second-order valence-electron chi connectivity index (χ2n) is 5.02. The SMILES string of the molecule is CCOc1cnc(-c2nc(-c3ccc4c(c3)CCO4)no2)cn1. The molecule has 4 rings (SSSR count). The van der Waals surface area contributed by atoms with Crippen molar-refractivity contribution in [3.63, 3.8) is 0 Å². The molecule has 0 saturated heterocycles. The van der Waals surface area contributed by atoms with E-state index >= 15 is 0 Å². The van der Waals surface area contributed by atoms with Gasteiger partial charge in [-0.1, -0.05) is 5.16 Å². The predicted molar refractivity (Wildman–Crippen MR) is 81.1 cm³/mol. The van der Waals surface area contributed by atoms with Gasteiger partial charge < -0.3 is 14.0 Å². The average Bonchev–Trinajstić information content (AvgIpc) is 3.24. The molecule has 0 fully saturated rings. The third-order valence-corrected chi connectivity index (χ3v) is 3.51. The summed E-state index contributed by atoms with van der Waals surface area (Å²) in [5, 5.41) is 4.02. The summed E-state index contributed by atoms with van der Waals surface area (Å²) in [7, 11) is 0. The second-order valence-corrected chi connectivity index (χ2v) is 5.02. The normalized spacial score (nSPS) is 12.7. The minimum absolute atomic E-state index is 0.326. The monoisotopic (exact) mass is 310 g/mol. The van der Waals surface area contributed by atoms with Gasteiger partial charge in [0.05, 0.1) is 25.6 Å². The highest BCUT2D eigenvalue weighted by Gasteiger charge is 2.16. The lowest BCUT2D eigenvalue weighted by atomic mass is 10.1. The van der Waals surface area contributed by atoms with Crippen molar-refractivity contribution in [2.24, 2.45) is 0 Å². The molecule has 7 heteroatoms. The van der Waals surface area contributed by atoms with E-state index in [9.17, 15) is 0 Å². The zero-order valence-electron chi connectivity index (χ0n) is 12.5. The van der Waals surface area contributed by atoms with Crippen molar-refractivity contribution in [3.05, 3.63) is 36.2 Å². The Morgan fingerprint density at radius 1 is 1.22 bits per heavy atom. The molecule has 1 aliphatic rings. The van der Waals surface area contributed by atoms with Gasteiger partial charge in [-0.2, -0.15) is 4.98 Å². The Hall–Kier alpha value is -2.96. The molecule has 0 aliphatic carbocycles. The van der Waals surface area contributed by atoms with E-state index in [-0.39, 0.29) is 0 Å². The molecule has 0 N–H and O–H groups in total. The van der Waals surface area contributed by atoms with Crippen LogP contribution in [0.5, 0.6) is 11.6 Å². The number of benzene rings is 1. The molecule has 0 radical (unpaired) electrons. The highest BCUT2D eigenvalue weighted by atomic mass is 16.5. The van der Waals surface area contributed by atoms with Crippen LogP contribution in [0.3, 0.4) is 0 Å². The summed E-state index contributed by atoms with van der Waals surface area (Å²) in [6.45, 7) is 3.15. The van der Waals surface area contributed by atoms with Crippen molar-refractivity contribution in [2.45, 2.75) is 13.3 Å². The molecular weight excluding hydrogens is 296 g/mol. The number of aromatic nitrogens is 4. The summed E-state index contributed by atoms with van der Waals surface area (Å²) < 4.78 is 16.1. The van der Waals surface area contributed by atoms with Crippen molar-refractivity contribution >= 4 is 0 Å². The van der Waals surface area contributed by atoms with Gasteiger partial charge in [-0.25, -0.2) is 9.97 Å². The molecule has 1 aromatic carbocycles. The molecular formula is C16H14N4O3. The first-order valence-corrected chi connectivity index (χ1v) is 7.38. The molecule has 0 saturated carbocycles. The maximum atomic E-state index is 5.50. The summed E-state index contributed by atoms with van der Waals surface area (Å²) in [6.07, 6.45) is 3.99. The number of hydrogen-bond acceptors (Lipinski definition) is 7. The number of ether oxygens (including phenoxy) is 2. The lowest BCUT2D eigenvalue weighted by molar-refractivity contribution is 0.325. The average molecular weight is 310 g/mol. The standard InChI is InChI=1S/C16H14N4O3/c1-2-21-14-9-17-12(8-18-14)16-19-15(20-23-16)11-3-4-13-10(7-11)5-6-22-13/h3-4,7-9H,2,5-6H2,1H3. The van der Waals surface area contributed by atoms with Gasteiger partial charge in [0.1, 0.15) is 11.4 Å². The van der Waals surface area contributed by atoms with Crippen LogP contribution in [0.25, 0.3) is 23.0 Å². The van der Waals surface area contributed by atoms with Crippen molar-refractivity contribution in [3.8, 4) is 34.6 Å². The summed E-state index contributed by atoms with van der Waals surface area (Å²) in [4.78, 5) is 12.8. The van der Waals surface area contributed by atoms with Crippen LogP contribution in [-0.4, -0.2) is 33.3 Å². The van der Waals surface area contributed by atoms with Crippen LogP contribution >= 0.6 is 0 Å². The minimum atomic E-state index is 0.326. The lowest BCUT2D eigenvalue weighted by Crippen LogP contribution is -1.95. The van der Waals surface area contributed by atoms with Crippen molar-refractivity contribution in [1.29, 1.82) is 0 Å². The van der Waals surface area contributed by atoms with Gasteiger partial charge in [0.2, 0.25) is 11.7 Å². The van der Waals surface area contributed by atoms with Crippen LogP contribution in [0.2, 0.25) is 0 Å². The second kappa shape index (κ2) is 5.68. The Labute approximate surface area is 132 Å². The Balaban J connectivity index is 1.61. The summed E-state index contributed by atoms with van der Waals surface area (Å²) >= 11 is 0. The van der Waals surface area contributed by atoms with E-state index in [0.29, 0.717) is 29.9 Å². The molecule has 0 unspecified atom stereocenters. The molecule has 3 heterocycles. The number of rotatable bonds is 4. The van der Waals surface area contributed by atoms with Crippen LogP contribution in [-0.2, 0) is 6.42 Å². The van der Waals surface area contributed by atoms with Crippen LogP contribution in [0.15, 0.2) is 35.1 Å².